The van der Waals surface area contributed by atoms with Gasteiger partial charge in [-0.25, -0.2) is 9.37 Å². The van der Waals surface area contributed by atoms with E-state index in [-0.39, 0.29) is 18.0 Å². The highest BCUT2D eigenvalue weighted by atomic mass is 19.1. The number of carbonyl (C=O) groups is 1. The van der Waals surface area contributed by atoms with E-state index >= 15 is 0 Å². The molecule has 0 N–H and O–H groups in total. The van der Waals surface area contributed by atoms with Crippen LogP contribution in [0.4, 0.5) is 4.39 Å². The lowest BCUT2D eigenvalue weighted by atomic mass is 10.1. The maximum Gasteiger partial charge on any atom is 0.170 e. The number of ketones is 1. The van der Waals surface area contributed by atoms with E-state index in [0.717, 1.165) is 6.54 Å². The summed E-state index contributed by atoms with van der Waals surface area (Å²) in [6, 6.07) is 4.56. The summed E-state index contributed by atoms with van der Waals surface area (Å²) in [5.74, 6) is 0.248. The first-order valence-corrected chi connectivity index (χ1v) is 5.91. The van der Waals surface area contributed by atoms with Crippen LogP contribution in [0.2, 0.25) is 0 Å². The number of nitrogens with zero attached hydrogens (tertiary/aromatic N) is 2. The largest absolute Gasteiger partial charge is 0.335 e. The third-order valence-electron chi connectivity index (χ3n) is 2.95. The van der Waals surface area contributed by atoms with Crippen molar-refractivity contribution in [1.29, 1.82) is 0 Å². The number of carbonyl (C=O) groups excluding carboxylic acids is 1. The molecule has 0 atom stereocenters. The maximum absolute atomic E-state index is 13.4. The second kappa shape index (κ2) is 5.12. The summed E-state index contributed by atoms with van der Waals surface area (Å²) in [5.41, 5.74) is 0.936. The van der Waals surface area contributed by atoms with Gasteiger partial charge in [0.05, 0.1) is 6.42 Å². The van der Waals surface area contributed by atoms with Crippen molar-refractivity contribution >= 4 is 5.78 Å². The lowest BCUT2D eigenvalue weighted by molar-refractivity contribution is 0.0989. The Hall–Kier alpha value is -1.97. The summed E-state index contributed by atoms with van der Waals surface area (Å²) in [6.07, 6.45) is 3.70. The van der Waals surface area contributed by atoms with Gasteiger partial charge < -0.3 is 4.57 Å². The van der Waals surface area contributed by atoms with Crippen molar-refractivity contribution < 1.29 is 9.18 Å². The summed E-state index contributed by atoms with van der Waals surface area (Å²) >= 11 is 0. The van der Waals surface area contributed by atoms with Crippen LogP contribution in [0.1, 0.15) is 28.7 Å². The standard InChI is InChI=1S/C14H15FN2O/c1-3-17-7-6-16-14(17)9-13(18)11-5-4-10(2)12(15)8-11/h4-8H,3,9H2,1-2H3. The Bertz CT molecular complexity index is 575. The molecule has 0 spiro atoms. The SMILES string of the molecule is CCn1ccnc1CC(=O)c1ccc(C)c(F)c1. The van der Waals surface area contributed by atoms with Crippen LogP contribution in [0.5, 0.6) is 0 Å². The van der Waals surface area contributed by atoms with Crippen molar-refractivity contribution in [2.24, 2.45) is 0 Å². The number of aryl methyl sites for hydroxylation is 2. The Morgan fingerprint density at radius 2 is 2.22 bits per heavy atom. The molecular formula is C14H15FN2O. The average molecular weight is 246 g/mol. The molecule has 3 nitrogen and oxygen atoms in total. The van der Waals surface area contributed by atoms with Crippen LogP contribution in [-0.4, -0.2) is 15.3 Å². The number of hydrogen-bond acceptors (Lipinski definition) is 2. The third kappa shape index (κ3) is 2.47. The van der Waals surface area contributed by atoms with Gasteiger partial charge in [-0.05, 0) is 25.5 Å². The van der Waals surface area contributed by atoms with Gasteiger partial charge in [0.2, 0.25) is 0 Å². The number of Topliss-reactive ketones (excluding diaryl/α,β-unsaturated/α-hetero) is 1. The molecule has 0 aliphatic heterocycles. The molecule has 0 bridgehead atoms. The fourth-order valence-electron chi connectivity index (χ4n) is 1.81. The van der Waals surface area contributed by atoms with Crippen molar-refractivity contribution in [2.45, 2.75) is 26.8 Å². The van der Waals surface area contributed by atoms with Crippen LogP contribution in [0, 0.1) is 12.7 Å². The molecule has 0 aliphatic rings. The smallest absolute Gasteiger partial charge is 0.170 e. The minimum Gasteiger partial charge on any atom is -0.335 e. The predicted molar refractivity (Wildman–Crippen MR) is 67.1 cm³/mol. The lowest BCUT2D eigenvalue weighted by Crippen LogP contribution is -2.10. The number of aromatic nitrogens is 2. The van der Waals surface area contributed by atoms with Crippen LogP contribution >= 0.6 is 0 Å². The number of imidazole rings is 1. The van der Waals surface area contributed by atoms with Crippen molar-refractivity contribution in [1.82, 2.24) is 9.55 Å². The molecule has 0 fully saturated rings. The second-order valence-corrected chi connectivity index (χ2v) is 4.19. The van der Waals surface area contributed by atoms with E-state index in [4.69, 9.17) is 0 Å². The zero-order chi connectivity index (χ0) is 13.1. The predicted octanol–water partition coefficient (Wildman–Crippen LogP) is 2.78. The molecule has 1 aromatic carbocycles. The van der Waals surface area contributed by atoms with Gasteiger partial charge in [-0.2, -0.15) is 0 Å². The van der Waals surface area contributed by atoms with Gasteiger partial charge in [0, 0.05) is 24.5 Å². The molecule has 0 saturated carbocycles. The first kappa shape index (κ1) is 12.5. The highest BCUT2D eigenvalue weighted by Crippen LogP contribution is 2.12. The Kier molecular flexibility index (Phi) is 3.55. The molecular weight excluding hydrogens is 231 g/mol. The summed E-state index contributed by atoms with van der Waals surface area (Å²) in [5, 5.41) is 0. The fraction of sp³-hybridized carbons (Fsp3) is 0.286. The number of halogens is 1. The zero-order valence-electron chi connectivity index (χ0n) is 10.5. The van der Waals surface area contributed by atoms with Crippen LogP contribution in [0.15, 0.2) is 30.6 Å². The highest BCUT2D eigenvalue weighted by molar-refractivity contribution is 5.97. The zero-order valence-corrected chi connectivity index (χ0v) is 10.5. The van der Waals surface area contributed by atoms with Crippen molar-refractivity contribution in [3.05, 3.63) is 53.4 Å². The van der Waals surface area contributed by atoms with Gasteiger partial charge in [0.15, 0.2) is 5.78 Å². The Labute approximate surface area is 105 Å². The fourth-order valence-corrected chi connectivity index (χ4v) is 1.81. The second-order valence-electron chi connectivity index (χ2n) is 4.19. The molecule has 1 heterocycles. The number of benzene rings is 1. The number of rotatable bonds is 4. The van der Waals surface area contributed by atoms with Crippen molar-refractivity contribution in [3.63, 3.8) is 0 Å². The summed E-state index contributed by atoms with van der Waals surface area (Å²) in [7, 11) is 0. The molecule has 0 radical (unpaired) electrons. The van der Waals surface area contributed by atoms with Crippen molar-refractivity contribution in [2.75, 3.05) is 0 Å². The van der Waals surface area contributed by atoms with Gasteiger partial charge >= 0.3 is 0 Å². The molecule has 1 aromatic heterocycles. The van der Waals surface area contributed by atoms with Gasteiger partial charge in [0.1, 0.15) is 11.6 Å². The molecule has 18 heavy (non-hydrogen) atoms. The molecule has 2 rings (SSSR count). The van der Waals surface area contributed by atoms with Crippen LogP contribution < -0.4 is 0 Å². The molecule has 4 heteroatoms. The van der Waals surface area contributed by atoms with Crippen LogP contribution in [0.25, 0.3) is 0 Å². The monoisotopic (exact) mass is 246 g/mol. The average Bonchev–Trinajstić information content (AvgIpc) is 2.79. The van der Waals surface area contributed by atoms with Crippen molar-refractivity contribution in [3.8, 4) is 0 Å². The van der Waals surface area contributed by atoms with Gasteiger partial charge in [-0.15, -0.1) is 0 Å². The normalized spacial score (nSPS) is 10.6. The summed E-state index contributed by atoms with van der Waals surface area (Å²) < 4.78 is 15.3. The number of hydrogen-bond donors (Lipinski definition) is 0. The van der Waals surface area contributed by atoms with Crippen LogP contribution in [-0.2, 0) is 13.0 Å². The van der Waals surface area contributed by atoms with E-state index in [1.54, 1.807) is 25.3 Å². The van der Waals surface area contributed by atoms with E-state index in [1.807, 2.05) is 17.7 Å². The first-order chi connectivity index (χ1) is 8.61. The van der Waals surface area contributed by atoms with E-state index in [0.29, 0.717) is 17.0 Å². The minimum atomic E-state index is -0.348. The first-order valence-electron chi connectivity index (χ1n) is 5.91. The lowest BCUT2D eigenvalue weighted by Gasteiger charge is -2.05. The Morgan fingerprint density at radius 3 is 2.89 bits per heavy atom. The minimum absolute atomic E-state index is 0.116. The van der Waals surface area contributed by atoms with E-state index in [1.165, 1.54) is 6.07 Å². The summed E-state index contributed by atoms with van der Waals surface area (Å²) in [4.78, 5) is 16.2. The maximum atomic E-state index is 13.4. The third-order valence-corrected chi connectivity index (χ3v) is 2.95. The van der Waals surface area contributed by atoms with Crippen LogP contribution in [0.3, 0.4) is 0 Å². The highest BCUT2D eigenvalue weighted by Gasteiger charge is 2.12. The topological polar surface area (TPSA) is 34.9 Å². The molecule has 0 amide bonds. The molecule has 0 unspecified atom stereocenters. The molecule has 0 aliphatic carbocycles. The molecule has 0 saturated heterocycles. The van der Waals surface area contributed by atoms with E-state index in [9.17, 15) is 9.18 Å². The Balaban J connectivity index is 2.19. The van der Waals surface area contributed by atoms with Gasteiger partial charge in [0.25, 0.3) is 0 Å². The molecule has 94 valence electrons. The van der Waals surface area contributed by atoms with E-state index < -0.39 is 0 Å². The Morgan fingerprint density at radius 1 is 1.44 bits per heavy atom. The van der Waals surface area contributed by atoms with Gasteiger partial charge in [-0.3, -0.25) is 4.79 Å². The molecule has 2 aromatic rings. The van der Waals surface area contributed by atoms with E-state index in [2.05, 4.69) is 4.98 Å². The summed E-state index contributed by atoms with van der Waals surface area (Å²) in [6.45, 7) is 4.43. The van der Waals surface area contributed by atoms with Gasteiger partial charge in [-0.1, -0.05) is 12.1 Å². The quantitative estimate of drug-likeness (QED) is 0.777.